The fourth-order valence-corrected chi connectivity index (χ4v) is 0.862. The van der Waals surface area contributed by atoms with Gasteiger partial charge in [0.25, 0.3) is 5.91 Å². The minimum Gasteiger partial charge on any atom is -0.267 e. The van der Waals surface area contributed by atoms with Crippen LogP contribution in [0.4, 0.5) is 13.2 Å². The second-order valence-electron chi connectivity index (χ2n) is 2.71. The minimum atomic E-state index is -5.18. The third kappa shape index (κ3) is 2.54. The molecule has 8 heteroatoms. The summed E-state index contributed by atoms with van der Waals surface area (Å²) >= 11 is 0. The zero-order chi connectivity index (χ0) is 12.3. The average Bonchev–Trinajstić information content (AvgIpc) is 2.26. The van der Waals surface area contributed by atoms with Gasteiger partial charge in [-0.25, -0.2) is 10.9 Å². The minimum absolute atomic E-state index is 0.157. The number of imide groups is 1. The summed E-state index contributed by atoms with van der Waals surface area (Å²) in [6, 6.07) is 2.29. The van der Waals surface area contributed by atoms with E-state index in [1.54, 1.807) is 0 Å². The molecule has 0 atom stereocenters. The van der Waals surface area contributed by atoms with Crippen LogP contribution in [0.5, 0.6) is 0 Å². The number of halogens is 3. The molecule has 0 aliphatic heterocycles. The summed E-state index contributed by atoms with van der Waals surface area (Å²) in [5, 5.41) is -0.477. The van der Waals surface area contributed by atoms with E-state index in [0.29, 0.717) is 0 Å². The van der Waals surface area contributed by atoms with E-state index in [1.807, 2.05) is 0 Å². The summed E-state index contributed by atoms with van der Waals surface area (Å²) in [6.45, 7) is 0. The summed E-state index contributed by atoms with van der Waals surface area (Å²) in [7, 11) is 0. The van der Waals surface area contributed by atoms with E-state index in [2.05, 4.69) is 4.98 Å². The van der Waals surface area contributed by atoms with E-state index in [-0.39, 0.29) is 5.56 Å². The monoisotopic (exact) mass is 233 g/mol. The van der Waals surface area contributed by atoms with Crippen LogP contribution >= 0.6 is 0 Å². The van der Waals surface area contributed by atoms with E-state index >= 15 is 0 Å². The molecule has 0 aromatic carbocycles. The maximum atomic E-state index is 11.9. The first kappa shape index (κ1) is 12.1. The maximum absolute atomic E-state index is 11.9. The lowest BCUT2D eigenvalue weighted by molar-refractivity contribution is -0.182. The van der Waals surface area contributed by atoms with E-state index in [9.17, 15) is 22.8 Å². The molecule has 2 amide bonds. The van der Waals surface area contributed by atoms with Gasteiger partial charge in [0.05, 0.1) is 0 Å². The Kier molecular flexibility index (Phi) is 3.23. The number of nitrogens with zero attached hydrogens (tertiary/aromatic N) is 2. The highest BCUT2D eigenvalue weighted by Crippen LogP contribution is 2.17. The number of rotatable bonds is 1. The number of hydrogen-bond acceptors (Lipinski definition) is 4. The summed E-state index contributed by atoms with van der Waals surface area (Å²) in [4.78, 5) is 25.5. The highest BCUT2D eigenvalue weighted by Gasteiger charge is 2.44. The predicted molar refractivity (Wildman–Crippen MR) is 45.7 cm³/mol. The van der Waals surface area contributed by atoms with Crippen molar-refractivity contribution in [3.05, 3.63) is 30.1 Å². The van der Waals surface area contributed by atoms with Crippen LogP contribution in [0.1, 0.15) is 10.4 Å². The number of hydrazine groups is 1. The molecule has 0 unspecified atom stereocenters. The molecule has 0 aliphatic carbocycles. The van der Waals surface area contributed by atoms with Crippen molar-refractivity contribution in [3.63, 3.8) is 0 Å². The van der Waals surface area contributed by atoms with Crippen LogP contribution in [0.25, 0.3) is 0 Å². The Balaban J connectivity index is 2.88. The zero-order valence-corrected chi connectivity index (χ0v) is 7.73. The molecule has 0 spiro atoms. The van der Waals surface area contributed by atoms with Crippen molar-refractivity contribution in [2.45, 2.75) is 6.18 Å². The second-order valence-corrected chi connectivity index (χ2v) is 2.71. The first-order valence-corrected chi connectivity index (χ1v) is 3.94. The van der Waals surface area contributed by atoms with Crippen molar-refractivity contribution in [3.8, 4) is 0 Å². The number of pyridine rings is 1. The third-order valence-corrected chi connectivity index (χ3v) is 1.61. The van der Waals surface area contributed by atoms with Crippen LogP contribution in [0.15, 0.2) is 24.5 Å². The molecule has 0 bridgehead atoms. The van der Waals surface area contributed by atoms with Crippen LogP contribution in [-0.2, 0) is 4.79 Å². The Morgan fingerprint density at radius 2 is 1.75 bits per heavy atom. The average molecular weight is 233 g/mol. The third-order valence-electron chi connectivity index (χ3n) is 1.61. The summed E-state index contributed by atoms with van der Waals surface area (Å²) in [6.07, 6.45) is -2.80. The van der Waals surface area contributed by atoms with Crippen LogP contribution in [0.3, 0.4) is 0 Å². The number of nitrogens with two attached hydrogens (primary N) is 1. The lowest BCUT2D eigenvalue weighted by Gasteiger charge is -2.15. The van der Waals surface area contributed by atoms with Gasteiger partial charge in [0.15, 0.2) is 0 Å². The Labute approximate surface area is 87.6 Å². The SMILES string of the molecule is NN(C(=O)c1ccncc1)C(=O)C(F)(F)F. The van der Waals surface area contributed by atoms with Gasteiger partial charge in [-0.2, -0.15) is 13.2 Å². The lowest BCUT2D eigenvalue weighted by atomic mass is 10.2. The van der Waals surface area contributed by atoms with E-state index in [4.69, 9.17) is 5.84 Å². The van der Waals surface area contributed by atoms with Gasteiger partial charge in [-0.1, -0.05) is 0 Å². The zero-order valence-electron chi connectivity index (χ0n) is 7.73. The second kappa shape index (κ2) is 4.27. The van der Waals surface area contributed by atoms with E-state index in [1.165, 1.54) is 12.4 Å². The lowest BCUT2D eigenvalue weighted by Crippen LogP contribution is -2.49. The number of aromatic nitrogens is 1. The Bertz CT molecular complexity index is 405. The van der Waals surface area contributed by atoms with Gasteiger partial charge in [-0.3, -0.25) is 14.6 Å². The van der Waals surface area contributed by atoms with Crippen LogP contribution in [-0.4, -0.2) is 28.0 Å². The smallest absolute Gasteiger partial charge is 0.267 e. The molecule has 0 aliphatic rings. The molecule has 0 saturated carbocycles. The van der Waals surface area contributed by atoms with Crippen molar-refractivity contribution in [1.82, 2.24) is 9.99 Å². The van der Waals surface area contributed by atoms with Crippen molar-refractivity contribution in [2.75, 3.05) is 0 Å². The molecule has 0 saturated heterocycles. The standard InChI is InChI=1S/C8H6F3N3O2/c9-8(10,11)7(16)14(12)6(15)5-1-3-13-4-2-5/h1-4H,12H2. The molecule has 5 nitrogen and oxygen atoms in total. The summed E-state index contributed by atoms with van der Waals surface area (Å²) < 4.78 is 35.8. The number of amides is 2. The van der Waals surface area contributed by atoms with Crippen molar-refractivity contribution < 1.29 is 22.8 Å². The molecular formula is C8H6F3N3O2. The van der Waals surface area contributed by atoms with E-state index < -0.39 is 23.0 Å². The summed E-state index contributed by atoms with van der Waals surface area (Å²) in [5.41, 5.74) is -0.157. The molecule has 1 aromatic heterocycles. The number of carbonyl (C=O) groups excluding carboxylic acids is 2. The molecule has 0 radical (unpaired) electrons. The van der Waals surface area contributed by atoms with Gasteiger partial charge in [-0.15, -0.1) is 0 Å². The number of hydrogen-bond donors (Lipinski definition) is 1. The normalized spacial score (nSPS) is 11.0. The number of carbonyl (C=O) groups is 2. The molecule has 86 valence electrons. The largest absolute Gasteiger partial charge is 0.473 e. The molecule has 1 heterocycles. The molecular weight excluding hydrogens is 227 g/mol. The van der Waals surface area contributed by atoms with Crippen molar-refractivity contribution in [2.24, 2.45) is 5.84 Å². The molecule has 16 heavy (non-hydrogen) atoms. The molecule has 1 aromatic rings. The quantitative estimate of drug-likeness (QED) is 0.435. The topological polar surface area (TPSA) is 76.3 Å². The highest BCUT2D eigenvalue weighted by molar-refractivity contribution is 6.05. The van der Waals surface area contributed by atoms with Gasteiger partial charge in [0.1, 0.15) is 0 Å². The Morgan fingerprint density at radius 1 is 1.25 bits per heavy atom. The molecule has 2 N–H and O–H groups in total. The predicted octanol–water partition coefficient (Wildman–Crippen LogP) is 0.486. The van der Waals surface area contributed by atoms with Crippen molar-refractivity contribution >= 4 is 11.8 Å². The first-order valence-electron chi connectivity index (χ1n) is 3.94. The fraction of sp³-hybridized carbons (Fsp3) is 0.125. The van der Waals surface area contributed by atoms with Crippen LogP contribution < -0.4 is 5.84 Å². The van der Waals surface area contributed by atoms with Gasteiger partial charge in [-0.05, 0) is 12.1 Å². The maximum Gasteiger partial charge on any atom is 0.473 e. The highest BCUT2D eigenvalue weighted by atomic mass is 19.4. The number of alkyl halides is 3. The first-order chi connectivity index (χ1) is 7.34. The van der Waals surface area contributed by atoms with Crippen molar-refractivity contribution in [1.29, 1.82) is 0 Å². The van der Waals surface area contributed by atoms with Gasteiger partial charge in [0.2, 0.25) is 0 Å². The summed E-state index contributed by atoms with van der Waals surface area (Å²) in [5.74, 6) is 1.11. The Morgan fingerprint density at radius 3 is 2.19 bits per heavy atom. The van der Waals surface area contributed by atoms with Gasteiger partial charge in [0, 0.05) is 18.0 Å². The van der Waals surface area contributed by atoms with Crippen LogP contribution in [0, 0.1) is 0 Å². The van der Waals surface area contributed by atoms with Gasteiger partial charge >= 0.3 is 12.1 Å². The Hall–Kier alpha value is -1.96. The van der Waals surface area contributed by atoms with Crippen LogP contribution in [0.2, 0.25) is 0 Å². The van der Waals surface area contributed by atoms with Gasteiger partial charge < -0.3 is 0 Å². The molecule has 0 fully saturated rings. The van der Waals surface area contributed by atoms with E-state index in [0.717, 1.165) is 12.1 Å². The molecule has 1 rings (SSSR count). The fourth-order valence-electron chi connectivity index (χ4n) is 0.862.